The van der Waals surface area contributed by atoms with E-state index in [1.807, 2.05) is 0 Å². The van der Waals surface area contributed by atoms with Gasteiger partial charge in [-0.2, -0.15) is 8.78 Å². The Labute approximate surface area is 119 Å². The molecule has 1 aromatic rings. The number of rotatable bonds is 6. The SMILES string of the molecule is O=C(O)CC1(NC(=O)c2ccccc2OC(F)F)CCC1. The Morgan fingerprint density at radius 2 is 2.00 bits per heavy atom. The highest BCUT2D eigenvalue weighted by Crippen LogP contribution is 2.35. The molecule has 2 rings (SSSR count). The van der Waals surface area contributed by atoms with Crippen LogP contribution in [-0.2, 0) is 4.79 Å². The molecule has 1 saturated carbocycles. The number of para-hydroxylation sites is 1. The smallest absolute Gasteiger partial charge is 0.387 e. The number of nitrogens with one attached hydrogen (secondary N) is 1. The van der Waals surface area contributed by atoms with Crippen LogP contribution in [0.4, 0.5) is 8.78 Å². The summed E-state index contributed by atoms with van der Waals surface area (Å²) in [5.74, 6) is -1.84. The van der Waals surface area contributed by atoms with Crippen LogP contribution < -0.4 is 10.1 Å². The molecule has 114 valence electrons. The molecule has 0 saturated heterocycles. The van der Waals surface area contributed by atoms with E-state index in [0.717, 1.165) is 6.42 Å². The van der Waals surface area contributed by atoms with Gasteiger partial charge in [0.1, 0.15) is 5.75 Å². The van der Waals surface area contributed by atoms with Gasteiger partial charge in [0.15, 0.2) is 0 Å². The number of hydrogen-bond donors (Lipinski definition) is 2. The third-order valence-electron chi connectivity index (χ3n) is 3.53. The van der Waals surface area contributed by atoms with E-state index in [1.165, 1.54) is 24.3 Å². The predicted molar refractivity (Wildman–Crippen MR) is 69.4 cm³/mol. The molecular weight excluding hydrogens is 284 g/mol. The molecule has 0 bridgehead atoms. The number of hydrogen-bond acceptors (Lipinski definition) is 3. The van der Waals surface area contributed by atoms with Gasteiger partial charge in [-0.1, -0.05) is 12.1 Å². The van der Waals surface area contributed by atoms with E-state index in [0.29, 0.717) is 12.8 Å². The van der Waals surface area contributed by atoms with Crippen LogP contribution in [0.25, 0.3) is 0 Å². The predicted octanol–water partition coefficient (Wildman–Crippen LogP) is 2.42. The molecule has 1 fully saturated rings. The molecule has 0 aliphatic heterocycles. The van der Waals surface area contributed by atoms with Gasteiger partial charge >= 0.3 is 12.6 Å². The van der Waals surface area contributed by atoms with Gasteiger partial charge in [-0.3, -0.25) is 9.59 Å². The lowest BCUT2D eigenvalue weighted by Crippen LogP contribution is -2.54. The number of halogens is 2. The third-order valence-corrected chi connectivity index (χ3v) is 3.53. The lowest BCUT2D eigenvalue weighted by Gasteiger charge is -2.41. The Balaban J connectivity index is 2.15. The molecule has 5 nitrogen and oxygen atoms in total. The maximum atomic E-state index is 12.3. The quantitative estimate of drug-likeness (QED) is 0.846. The standard InChI is InChI=1S/C14H15F2NO4/c15-13(16)21-10-5-2-1-4-9(10)12(20)17-14(6-3-7-14)8-11(18)19/h1-2,4-5,13H,3,6-8H2,(H,17,20)(H,18,19). The average Bonchev–Trinajstić information content (AvgIpc) is 2.35. The van der Waals surface area contributed by atoms with Crippen LogP contribution in [0.3, 0.4) is 0 Å². The molecule has 1 amide bonds. The van der Waals surface area contributed by atoms with Crippen molar-refractivity contribution in [2.75, 3.05) is 0 Å². The summed E-state index contributed by atoms with van der Waals surface area (Å²) < 4.78 is 28.9. The van der Waals surface area contributed by atoms with E-state index >= 15 is 0 Å². The highest BCUT2D eigenvalue weighted by Gasteiger charge is 2.40. The van der Waals surface area contributed by atoms with E-state index < -0.39 is 24.0 Å². The summed E-state index contributed by atoms with van der Waals surface area (Å²) >= 11 is 0. The van der Waals surface area contributed by atoms with Crippen LogP contribution in [-0.4, -0.2) is 29.1 Å². The molecule has 1 aromatic carbocycles. The molecule has 1 aliphatic carbocycles. The van der Waals surface area contributed by atoms with Crippen molar-refractivity contribution < 1.29 is 28.2 Å². The van der Waals surface area contributed by atoms with Crippen molar-refractivity contribution in [1.82, 2.24) is 5.32 Å². The van der Waals surface area contributed by atoms with Gasteiger partial charge in [0.25, 0.3) is 5.91 Å². The van der Waals surface area contributed by atoms with Crippen molar-refractivity contribution in [3.63, 3.8) is 0 Å². The van der Waals surface area contributed by atoms with E-state index in [4.69, 9.17) is 5.11 Å². The Hall–Kier alpha value is -2.18. The molecule has 0 atom stereocenters. The number of benzene rings is 1. The lowest BCUT2D eigenvalue weighted by atomic mass is 9.74. The molecule has 0 aromatic heterocycles. The number of aliphatic carboxylic acids is 1. The molecular formula is C14H15F2NO4. The minimum absolute atomic E-state index is 0.0329. The topological polar surface area (TPSA) is 75.6 Å². The van der Waals surface area contributed by atoms with Gasteiger partial charge in [-0.15, -0.1) is 0 Å². The minimum Gasteiger partial charge on any atom is -0.481 e. The van der Waals surface area contributed by atoms with Crippen LogP contribution in [0.1, 0.15) is 36.0 Å². The van der Waals surface area contributed by atoms with E-state index in [9.17, 15) is 18.4 Å². The zero-order valence-electron chi connectivity index (χ0n) is 11.1. The first-order valence-electron chi connectivity index (χ1n) is 6.50. The van der Waals surface area contributed by atoms with Crippen molar-refractivity contribution >= 4 is 11.9 Å². The summed E-state index contributed by atoms with van der Waals surface area (Å²) in [6.07, 6.45) is 1.76. The molecule has 0 unspecified atom stereocenters. The average molecular weight is 299 g/mol. The molecule has 0 heterocycles. The number of alkyl halides is 2. The van der Waals surface area contributed by atoms with Crippen molar-refractivity contribution in [2.45, 2.75) is 37.8 Å². The van der Waals surface area contributed by atoms with E-state index in [-0.39, 0.29) is 17.7 Å². The Morgan fingerprint density at radius 3 is 2.52 bits per heavy atom. The van der Waals surface area contributed by atoms with Crippen molar-refractivity contribution in [1.29, 1.82) is 0 Å². The number of carboxylic acid groups (broad SMARTS) is 1. The fourth-order valence-corrected chi connectivity index (χ4v) is 2.40. The fraction of sp³-hybridized carbons (Fsp3) is 0.429. The van der Waals surface area contributed by atoms with Crippen LogP contribution in [0.15, 0.2) is 24.3 Å². The third kappa shape index (κ3) is 3.68. The zero-order chi connectivity index (χ0) is 15.5. The minimum atomic E-state index is -3.03. The Morgan fingerprint density at radius 1 is 1.33 bits per heavy atom. The number of amides is 1. The summed E-state index contributed by atoms with van der Waals surface area (Å²) in [7, 11) is 0. The number of carbonyl (C=O) groups excluding carboxylic acids is 1. The molecule has 0 radical (unpaired) electrons. The van der Waals surface area contributed by atoms with Gasteiger partial charge in [-0.05, 0) is 31.4 Å². The Kier molecular flexibility index (Phi) is 4.40. The second-order valence-electron chi connectivity index (χ2n) is 5.03. The first-order valence-corrected chi connectivity index (χ1v) is 6.50. The molecule has 1 aliphatic rings. The maximum absolute atomic E-state index is 12.3. The summed E-state index contributed by atoms with van der Waals surface area (Å²) in [6.45, 7) is -3.03. The normalized spacial score (nSPS) is 16.1. The van der Waals surface area contributed by atoms with Crippen LogP contribution >= 0.6 is 0 Å². The highest BCUT2D eigenvalue weighted by molar-refractivity contribution is 5.97. The number of ether oxygens (including phenoxy) is 1. The van der Waals surface area contributed by atoms with Gasteiger partial charge in [0.05, 0.1) is 17.5 Å². The number of carboxylic acids is 1. The second-order valence-corrected chi connectivity index (χ2v) is 5.03. The summed E-state index contributed by atoms with van der Waals surface area (Å²) in [4.78, 5) is 23.1. The lowest BCUT2D eigenvalue weighted by molar-refractivity contribution is -0.139. The first-order chi connectivity index (χ1) is 9.92. The second kappa shape index (κ2) is 6.07. The van der Waals surface area contributed by atoms with Crippen molar-refractivity contribution in [3.05, 3.63) is 29.8 Å². The zero-order valence-corrected chi connectivity index (χ0v) is 11.1. The Bertz CT molecular complexity index is 544. The molecule has 7 heteroatoms. The maximum Gasteiger partial charge on any atom is 0.387 e. The summed E-state index contributed by atoms with van der Waals surface area (Å²) in [5, 5.41) is 11.5. The van der Waals surface area contributed by atoms with Gasteiger partial charge < -0.3 is 15.2 Å². The van der Waals surface area contributed by atoms with Crippen LogP contribution in [0.5, 0.6) is 5.75 Å². The van der Waals surface area contributed by atoms with Crippen molar-refractivity contribution in [2.24, 2.45) is 0 Å². The van der Waals surface area contributed by atoms with Crippen molar-refractivity contribution in [3.8, 4) is 5.75 Å². The van der Waals surface area contributed by atoms with Gasteiger partial charge in [-0.25, -0.2) is 0 Å². The monoisotopic (exact) mass is 299 g/mol. The van der Waals surface area contributed by atoms with Gasteiger partial charge in [0.2, 0.25) is 0 Å². The molecule has 0 spiro atoms. The summed E-state index contributed by atoms with van der Waals surface area (Å²) in [6, 6.07) is 5.63. The summed E-state index contributed by atoms with van der Waals surface area (Å²) in [5.41, 5.74) is -0.824. The molecule has 2 N–H and O–H groups in total. The fourth-order valence-electron chi connectivity index (χ4n) is 2.40. The van der Waals surface area contributed by atoms with E-state index in [1.54, 1.807) is 0 Å². The first kappa shape index (κ1) is 15.2. The number of carbonyl (C=O) groups is 2. The molecule has 21 heavy (non-hydrogen) atoms. The van der Waals surface area contributed by atoms with Crippen LogP contribution in [0.2, 0.25) is 0 Å². The van der Waals surface area contributed by atoms with E-state index in [2.05, 4.69) is 10.1 Å². The van der Waals surface area contributed by atoms with Crippen LogP contribution in [0, 0.1) is 0 Å². The van der Waals surface area contributed by atoms with Gasteiger partial charge in [0, 0.05) is 0 Å². The highest BCUT2D eigenvalue weighted by atomic mass is 19.3. The largest absolute Gasteiger partial charge is 0.481 e.